The van der Waals surface area contributed by atoms with Gasteiger partial charge in [-0.2, -0.15) is 0 Å². The summed E-state index contributed by atoms with van der Waals surface area (Å²) in [5.41, 5.74) is -1.80. The van der Waals surface area contributed by atoms with Gasteiger partial charge in [-0.1, -0.05) is 0 Å². The van der Waals surface area contributed by atoms with E-state index >= 15 is 0 Å². The van der Waals surface area contributed by atoms with Crippen LogP contribution in [0.15, 0.2) is 24.5 Å². The predicted octanol–water partition coefficient (Wildman–Crippen LogP) is 3.32. The Balaban J connectivity index is 2.45. The topological polar surface area (TPSA) is 48.4 Å². The molecule has 0 atom stereocenters. The molecule has 0 bridgehead atoms. The predicted molar refractivity (Wildman–Crippen MR) is 79.4 cm³/mol. The van der Waals surface area contributed by atoms with E-state index in [2.05, 4.69) is 4.98 Å². The highest BCUT2D eigenvalue weighted by Gasteiger charge is 2.25. The number of halogens is 2. The van der Waals surface area contributed by atoms with Crippen LogP contribution >= 0.6 is 0 Å². The Bertz CT molecular complexity index is 536. The van der Waals surface area contributed by atoms with Crippen molar-refractivity contribution < 1.29 is 23.0 Å². The first-order valence-electron chi connectivity index (χ1n) is 6.86. The number of nitrogens with zero attached hydrogens (tertiary/aromatic N) is 1. The van der Waals surface area contributed by atoms with Crippen molar-refractivity contribution in [2.45, 2.75) is 39.0 Å². The van der Waals surface area contributed by atoms with E-state index in [0.29, 0.717) is 5.56 Å². The number of esters is 1. The highest BCUT2D eigenvalue weighted by atomic mass is 19.1. The first kappa shape index (κ1) is 18.2. The van der Waals surface area contributed by atoms with E-state index in [-0.39, 0.29) is 13.2 Å². The molecule has 6 heteroatoms. The molecule has 0 aromatic carbocycles. The average molecular weight is 313 g/mol. The molecule has 0 aliphatic heterocycles. The van der Waals surface area contributed by atoms with Gasteiger partial charge >= 0.3 is 5.97 Å². The van der Waals surface area contributed by atoms with Crippen LogP contribution < -0.4 is 0 Å². The van der Waals surface area contributed by atoms with Gasteiger partial charge in [-0.3, -0.25) is 4.98 Å². The normalized spacial score (nSPS) is 12.6. The number of hydrogen-bond acceptors (Lipinski definition) is 4. The minimum absolute atomic E-state index is 0.0202. The molecule has 0 amide bonds. The van der Waals surface area contributed by atoms with Gasteiger partial charge < -0.3 is 9.47 Å². The number of alkyl halides is 1. The summed E-state index contributed by atoms with van der Waals surface area (Å²) in [5, 5.41) is 0. The second-order valence-electron chi connectivity index (χ2n) is 6.14. The molecule has 0 saturated carbocycles. The number of ether oxygens (including phenoxy) is 2. The lowest BCUT2D eigenvalue weighted by Crippen LogP contribution is -2.36. The number of rotatable bonds is 7. The standard InChI is InChI=1S/C16H21F2NO3/c1-15(2,18)10-22-16(3,4)11-21-14(20)6-5-12-7-13(17)9-19-8-12/h5-9H,10-11H2,1-4H3/b6-5+. The van der Waals surface area contributed by atoms with Crippen LogP contribution in [0.1, 0.15) is 33.3 Å². The highest BCUT2D eigenvalue weighted by Crippen LogP contribution is 2.16. The summed E-state index contributed by atoms with van der Waals surface area (Å²) < 4.78 is 36.7. The number of aromatic nitrogens is 1. The summed E-state index contributed by atoms with van der Waals surface area (Å²) in [6.07, 6.45) is 5.06. The van der Waals surface area contributed by atoms with Gasteiger partial charge in [0.2, 0.25) is 0 Å². The van der Waals surface area contributed by atoms with Crippen LogP contribution in [-0.2, 0) is 14.3 Å². The number of hydrogen-bond donors (Lipinski definition) is 0. The van der Waals surface area contributed by atoms with Crippen LogP contribution in [-0.4, -0.2) is 35.4 Å². The SMILES string of the molecule is CC(C)(F)COC(C)(C)COC(=O)/C=C/c1cncc(F)c1. The van der Waals surface area contributed by atoms with Crippen LogP contribution in [0.3, 0.4) is 0 Å². The second-order valence-corrected chi connectivity index (χ2v) is 6.14. The van der Waals surface area contributed by atoms with Crippen molar-refractivity contribution in [2.24, 2.45) is 0 Å². The molecule has 0 unspecified atom stereocenters. The minimum atomic E-state index is -1.45. The van der Waals surface area contributed by atoms with E-state index in [9.17, 15) is 13.6 Å². The van der Waals surface area contributed by atoms with E-state index in [1.807, 2.05) is 0 Å². The molecule has 1 aromatic rings. The Kier molecular flexibility index (Phi) is 6.17. The molecule has 1 heterocycles. The fourth-order valence-electron chi connectivity index (χ4n) is 1.39. The van der Waals surface area contributed by atoms with E-state index in [0.717, 1.165) is 6.20 Å². The summed E-state index contributed by atoms with van der Waals surface area (Å²) in [5.74, 6) is -1.08. The van der Waals surface area contributed by atoms with E-state index < -0.39 is 23.1 Å². The number of pyridine rings is 1. The fraction of sp³-hybridized carbons (Fsp3) is 0.500. The molecule has 0 radical (unpaired) electrons. The van der Waals surface area contributed by atoms with Gasteiger partial charge in [0.15, 0.2) is 0 Å². The minimum Gasteiger partial charge on any atom is -0.459 e. The molecular formula is C16H21F2NO3. The summed E-state index contributed by atoms with van der Waals surface area (Å²) in [7, 11) is 0. The maximum Gasteiger partial charge on any atom is 0.330 e. The first-order valence-corrected chi connectivity index (χ1v) is 6.86. The van der Waals surface area contributed by atoms with Crippen LogP contribution in [0.5, 0.6) is 0 Å². The van der Waals surface area contributed by atoms with Gasteiger partial charge in [0.1, 0.15) is 18.1 Å². The first-order chi connectivity index (χ1) is 10.1. The monoisotopic (exact) mass is 313 g/mol. The zero-order valence-electron chi connectivity index (χ0n) is 13.2. The maximum atomic E-state index is 13.4. The molecule has 0 N–H and O–H groups in total. The Labute approximate surface area is 129 Å². The number of carbonyl (C=O) groups is 1. The summed E-state index contributed by atoms with van der Waals surface area (Å²) >= 11 is 0. The lowest BCUT2D eigenvalue weighted by molar-refractivity contribution is -0.150. The van der Waals surface area contributed by atoms with Crippen molar-refractivity contribution in [1.29, 1.82) is 0 Å². The average Bonchev–Trinajstić information content (AvgIpc) is 2.40. The Morgan fingerprint density at radius 2 is 1.95 bits per heavy atom. The van der Waals surface area contributed by atoms with Crippen molar-refractivity contribution in [3.8, 4) is 0 Å². The summed E-state index contributed by atoms with van der Waals surface area (Å²) in [4.78, 5) is 15.3. The van der Waals surface area contributed by atoms with E-state index in [1.165, 1.54) is 38.3 Å². The smallest absolute Gasteiger partial charge is 0.330 e. The second kappa shape index (κ2) is 7.45. The van der Waals surface area contributed by atoms with Crippen molar-refractivity contribution >= 4 is 12.0 Å². The van der Waals surface area contributed by atoms with E-state index in [4.69, 9.17) is 9.47 Å². The van der Waals surface area contributed by atoms with Crippen molar-refractivity contribution in [2.75, 3.05) is 13.2 Å². The third kappa shape index (κ3) is 7.83. The third-order valence-electron chi connectivity index (χ3n) is 2.51. The summed E-state index contributed by atoms with van der Waals surface area (Å²) in [6.45, 7) is 6.10. The maximum absolute atomic E-state index is 13.4. The van der Waals surface area contributed by atoms with Crippen molar-refractivity contribution in [1.82, 2.24) is 4.98 Å². The van der Waals surface area contributed by atoms with Gasteiger partial charge in [0, 0.05) is 12.3 Å². The third-order valence-corrected chi connectivity index (χ3v) is 2.51. The Morgan fingerprint density at radius 1 is 1.27 bits per heavy atom. The largest absolute Gasteiger partial charge is 0.459 e. The fourth-order valence-corrected chi connectivity index (χ4v) is 1.39. The molecule has 1 aromatic heterocycles. The Morgan fingerprint density at radius 3 is 2.55 bits per heavy atom. The zero-order valence-corrected chi connectivity index (χ0v) is 13.2. The Hall–Kier alpha value is -1.82. The van der Waals surface area contributed by atoms with Gasteiger partial charge in [0.05, 0.1) is 18.4 Å². The molecule has 122 valence electrons. The lowest BCUT2D eigenvalue weighted by atomic mass is 10.1. The molecule has 0 fully saturated rings. The van der Waals surface area contributed by atoms with Crippen LogP contribution in [0.25, 0.3) is 6.08 Å². The van der Waals surface area contributed by atoms with Crippen molar-refractivity contribution in [3.05, 3.63) is 35.9 Å². The van der Waals surface area contributed by atoms with Crippen LogP contribution in [0, 0.1) is 5.82 Å². The molecule has 0 saturated heterocycles. The number of carbonyl (C=O) groups excluding carboxylic acids is 1. The van der Waals surface area contributed by atoms with Gasteiger partial charge in [0.25, 0.3) is 0 Å². The van der Waals surface area contributed by atoms with Gasteiger partial charge in [-0.05, 0) is 45.4 Å². The quantitative estimate of drug-likeness (QED) is 0.572. The molecule has 22 heavy (non-hydrogen) atoms. The molecular weight excluding hydrogens is 292 g/mol. The molecule has 0 aliphatic rings. The summed E-state index contributed by atoms with van der Waals surface area (Å²) in [6, 6.07) is 1.24. The molecule has 0 spiro atoms. The molecule has 0 aliphatic carbocycles. The van der Waals surface area contributed by atoms with Crippen LogP contribution in [0.4, 0.5) is 8.78 Å². The molecule has 4 nitrogen and oxygen atoms in total. The van der Waals surface area contributed by atoms with Gasteiger partial charge in [-0.25, -0.2) is 13.6 Å². The van der Waals surface area contributed by atoms with Crippen molar-refractivity contribution in [3.63, 3.8) is 0 Å². The van der Waals surface area contributed by atoms with Gasteiger partial charge in [-0.15, -0.1) is 0 Å². The molecule has 1 rings (SSSR count). The lowest BCUT2D eigenvalue weighted by Gasteiger charge is -2.27. The van der Waals surface area contributed by atoms with Crippen LogP contribution in [0.2, 0.25) is 0 Å². The van der Waals surface area contributed by atoms with E-state index in [1.54, 1.807) is 13.8 Å². The zero-order chi connectivity index (χ0) is 16.8. The highest BCUT2D eigenvalue weighted by molar-refractivity contribution is 5.86.